The largest absolute Gasteiger partial charge is 0.447 e. The van der Waals surface area contributed by atoms with E-state index in [4.69, 9.17) is 4.74 Å². The molecule has 0 bridgehead atoms. The molecular formula is C17H26N4O2. The zero-order chi connectivity index (χ0) is 16.6. The Kier molecular flexibility index (Phi) is 4.27. The monoisotopic (exact) mass is 318 g/mol. The van der Waals surface area contributed by atoms with Crippen molar-refractivity contribution in [2.75, 3.05) is 24.6 Å². The number of rotatable bonds is 3. The minimum absolute atomic E-state index is 0.347. The normalized spacial score (nSPS) is 25.0. The van der Waals surface area contributed by atoms with Crippen LogP contribution in [0.2, 0.25) is 0 Å². The predicted molar refractivity (Wildman–Crippen MR) is 88.6 cm³/mol. The topological polar surface area (TPSA) is 58.6 Å². The molecule has 23 heavy (non-hydrogen) atoms. The van der Waals surface area contributed by atoms with Crippen molar-refractivity contribution in [3.8, 4) is 0 Å². The van der Waals surface area contributed by atoms with Gasteiger partial charge in [0.1, 0.15) is 6.61 Å². The van der Waals surface area contributed by atoms with Gasteiger partial charge in [0.25, 0.3) is 0 Å². The summed E-state index contributed by atoms with van der Waals surface area (Å²) >= 11 is 0. The van der Waals surface area contributed by atoms with Gasteiger partial charge in [-0.15, -0.1) is 0 Å². The maximum Gasteiger partial charge on any atom is 0.416 e. The number of carbonyl (C=O) groups is 1. The molecule has 0 aliphatic carbocycles. The SMILES string of the molecule is CC(C)N1CCC[C@H](c2cnc(N3C(=O)OCC3(C)C)cn2)C1. The van der Waals surface area contributed by atoms with Crippen molar-refractivity contribution in [3.63, 3.8) is 0 Å². The van der Waals surface area contributed by atoms with E-state index in [0.29, 0.717) is 24.4 Å². The van der Waals surface area contributed by atoms with Crippen LogP contribution in [0.25, 0.3) is 0 Å². The molecule has 1 aromatic heterocycles. The first-order valence-corrected chi connectivity index (χ1v) is 8.41. The number of nitrogens with zero attached hydrogens (tertiary/aromatic N) is 4. The van der Waals surface area contributed by atoms with Crippen LogP contribution in [0.1, 0.15) is 52.1 Å². The van der Waals surface area contributed by atoms with Gasteiger partial charge < -0.3 is 9.64 Å². The van der Waals surface area contributed by atoms with E-state index in [9.17, 15) is 4.79 Å². The van der Waals surface area contributed by atoms with Crippen molar-refractivity contribution in [1.82, 2.24) is 14.9 Å². The van der Waals surface area contributed by atoms with E-state index < -0.39 is 0 Å². The fraction of sp³-hybridized carbons (Fsp3) is 0.706. The lowest BCUT2D eigenvalue weighted by molar-refractivity contribution is 0.166. The standard InChI is InChI=1S/C17H26N4O2/c1-12(2)20-7-5-6-13(10-20)14-8-19-15(9-18-14)21-16(22)23-11-17(21,3)4/h8-9,12-13H,5-7,10-11H2,1-4H3/t13-/m0/s1. The van der Waals surface area contributed by atoms with Crippen LogP contribution in [0.5, 0.6) is 0 Å². The average Bonchev–Trinajstić information content (AvgIpc) is 2.81. The number of likely N-dealkylation sites (tertiary alicyclic amines) is 1. The van der Waals surface area contributed by atoms with E-state index >= 15 is 0 Å². The Labute approximate surface area is 137 Å². The van der Waals surface area contributed by atoms with E-state index in [2.05, 4.69) is 28.7 Å². The molecule has 3 heterocycles. The second-order valence-electron chi connectivity index (χ2n) is 7.43. The summed E-state index contributed by atoms with van der Waals surface area (Å²) in [5.41, 5.74) is 0.636. The zero-order valence-corrected chi connectivity index (χ0v) is 14.5. The van der Waals surface area contributed by atoms with Gasteiger partial charge in [0, 0.05) is 18.5 Å². The van der Waals surface area contributed by atoms with Gasteiger partial charge in [-0.1, -0.05) is 0 Å². The van der Waals surface area contributed by atoms with Crippen molar-refractivity contribution in [2.24, 2.45) is 0 Å². The molecule has 6 heteroatoms. The number of piperidine rings is 1. The number of carbonyl (C=O) groups excluding carboxylic acids is 1. The van der Waals surface area contributed by atoms with Gasteiger partial charge in [0.05, 0.1) is 23.6 Å². The van der Waals surface area contributed by atoms with Crippen LogP contribution in [-0.4, -0.2) is 52.2 Å². The molecular weight excluding hydrogens is 292 g/mol. The van der Waals surface area contributed by atoms with Gasteiger partial charge in [-0.25, -0.2) is 9.78 Å². The summed E-state index contributed by atoms with van der Waals surface area (Å²) in [6, 6.07) is 0.560. The highest BCUT2D eigenvalue weighted by atomic mass is 16.6. The van der Waals surface area contributed by atoms with Crippen LogP contribution >= 0.6 is 0 Å². The van der Waals surface area contributed by atoms with Crippen molar-refractivity contribution < 1.29 is 9.53 Å². The number of anilines is 1. The molecule has 0 radical (unpaired) electrons. The van der Waals surface area contributed by atoms with E-state index in [1.54, 1.807) is 11.1 Å². The van der Waals surface area contributed by atoms with Gasteiger partial charge in [0.15, 0.2) is 5.82 Å². The van der Waals surface area contributed by atoms with Gasteiger partial charge >= 0.3 is 6.09 Å². The third-order valence-electron chi connectivity index (χ3n) is 4.83. The number of cyclic esters (lactones) is 1. The first-order chi connectivity index (χ1) is 10.9. The highest BCUT2D eigenvalue weighted by Crippen LogP contribution is 2.30. The number of hydrogen-bond acceptors (Lipinski definition) is 5. The van der Waals surface area contributed by atoms with Gasteiger partial charge in [-0.2, -0.15) is 0 Å². The average molecular weight is 318 g/mol. The van der Waals surface area contributed by atoms with Crippen LogP contribution < -0.4 is 4.90 Å². The quantitative estimate of drug-likeness (QED) is 0.857. The molecule has 0 unspecified atom stereocenters. The van der Waals surface area contributed by atoms with Crippen LogP contribution in [0.4, 0.5) is 10.6 Å². The summed E-state index contributed by atoms with van der Waals surface area (Å²) in [6.07, 6.45) is 5.52. The molecule has 2 fully saturated rings. The molecule has 0 aromatic carbocycles. The summed E-state index contributed by atoms with van der Waals surface area (Å²) in [5.74, 6) is 0.990. The number of aromatic nitrogens is 2. The number of amides is 1. The molecule has 126 valence electrons. The molecule has 1 amide bonds. The first-order valence-electron chi connectivity index (χ1n) is 8.41. The Morgan fingerprint density at radius 3 is 2.65 bits per heavy atom. The summed E-state index contributed by atoms with van der Waals surface area (Å²) in [4.78, 5) is 25.1. The molecule has 3 rings (SSSR count). The van der Waals surface area contributed by atoms with Crippen LogP contribution in [0, 0.1) is 0 Å². The molecule has 2 aliphatic heterocycles. The zero-order valence-electron chi connectivity index (χ0n) is 14.5. The second kappa shape index (κ2) is 6.07. The Morgan fingerprint density at radius 2 is 2.09 bits per heavy atom. The smallest absolute Gasteiger partial charge is 0.416 e. The third-order valence-corrected chi connectivity index (χ3v) is 4.83. The van der Waals surface area contributed by atoms with E-state index in [1.807, 2.05) is 20.0 Å². The summed E-state index contributed by atoms with van der Waals surface area (Å²) in [6.45, 7) is 11.0. The van der Waals surface area contributed by atoms with Crippen LogP contribution in [0.3, 0.4) is 0 Å². The third kappa shape index (κ3) is 3.17. The molecule has 6 nitrogen and oxygen atoms in total. The van der Waals surface area contributed by atoms with Crippen molar-refractivity contribution in [3.05, 3.63) is 18.1 Å². The van der Waals surface area contributed by atoms with E-state index in [-0.39, 0.29) is 11.6 Å². The second-order valence-corrected chi connectivity index (χ2v) is 7.43. The molecule has 1 atom stereocenters. The van der Waals surface area contributed by atoms with Crippen LogP contribution in [-0.2, 0) is 4.74 Å². The van der Waals surface area contributed by atoms with Crippen molar-refractivity contribution >= 4 is 11.9 Å². The summed E-state index contributed by atoms with van der Waals surface area (Å²) in [7, 11) is 0. The Morgan fingerprint density at radius 1 is 1.30 bits per heavy atom. The predicted octanol–water partition coefficient (Wildman–Crippen LogP) is 2.80. The minimum Gasteiger partial charge on any atom is -0.447 e. The summed E-state index contributed by atoms with van der Waals surface area (Å²) < 4.78 is 5.13. The highest BCUT2D eigenvalue weighted by Gasteiger charge is 2.42. The Bertz CT molecular complexity index is 570. The lowest BCUT2D eigenvalue weighted by atomic mass is 9.94. The maximum atomic E-state index is 11.9. The Balaban J connectivity index is 1.76. The summed E-state index contributed by atoms with van der Waals surface area (Å²) in [5, 5.41) is 0. The van der Waals surface area contributed by atoms with E-state index in [0.717, 1.165) is 25.2 Å². The lowest BCUT2D eigenvalue weighted by Crippen LogP contribution is -2.42. The van der Waals surface area contributed by atoms with Crippen LogP contribution in [0.15, 0.2) is 12.4 Å². The van der Waals surface area contributed by atoms with Crippen molar-refractivity contribution in [2.45, 2.75) is 58.0 Å². The molecule has 0 saturated carbocycles. The molecule has 2 aliphatic rings. The molecule has 2 saturated heterocycles. The fourth-order valence-electron chi connectivity index (χ4n) is 3.39. The van der Waals surface area contributed by atoms with Gasteiger partial charge in [-0.05, 0) is 47.1 Å². The van der Waals surface area contributed by atoms with Gasteiger partial charge in [0.2, 0.25) is 0 Å². The Hall–Kier alpha value is -1.69. The maximum absolute atomic E-state index is 11.9. The lowest BCUT2D eigenvalue weighted by Gasteiger charge is -2.35. The molecule has 1 aromatic rings. The van der Waals surface area contributed by atoms with Crippen molar-refractivity contribution in [1.29, 1.82) is 0 Å². The van der Waals surface area contributed by atoms with Gasteiger partial charge in [-0.3, -0.25) is 9.88 Å². The first kappa shape index (κ1) is 16.2. The highest BCUT2D eigenvalue weighted by molar-refractivity contribution is 5.89. The molecule has 0 N–H and O–H groups in total. The number of hydrogen-bond donors (Lipinski definition) is 0. The number of ether oxygens (including phenoxy) is 1. The minimum atomic E-state index is -0.382. The fourth-order valence-corrected chi connectivity index (χ4v) is 3.39. The van der Waals surface area contributed by atoms with E-state index in [1.165, 1.54) is 6.42 Å². The molecule has 0 spiro atoms.